The lowest BCUT2D eigenvalue weighted by Crippen LogP contribution is -2.46. The van der Waals surface area contributed by atoms with Crippen LogP contribution in [0.25, 0.3) is 0 Å². The lowest BCUT2D eigenvalue weighted by Gasteiger charge is -2.32. The van der Waals surface area contributed by atoms with Crippen LogP contribution in [0, 0.1) is 12.8 Å². The minimum absolute atomic E-state index is 0.000517. The molecule has 2 amide bonds. The van der Waals surface area contributed by atoms with E-state index in [1.165, 1.54) is 0 Å². The molecule has 1 aliphatic rings. The molecule has 2 aromatic rings. The van der Waals surface area contributed by atoms with E-state index in [0.717, 1.165) is 16.8 Å². The lowest BCUT2D eigenvalue weighted by molar-refractivity contribution is 0.0853. The third-order valence-electron chi connectivity index (χ3n) is 5.29. The average molecular weight is 354 g/mol. The van der Waals surface area contributed by atoms with Crippen molar-refractivity contribution in [1.29, 1.82) is 0 Å². The van der Waals surface area contributed by atoms with Crippen LogP contribution in [0.3, 0.4) is 0 Å². The number of benzene rings is 1. The van der Waals surface area contributed by atoms with Gasteiger partial charge in [0.1, 0.15) is 0 Å². The normalized spacial score (nSPS) is 16.3. The summed E-state index contributed by atoms with van der Waals surface area (Å²) in [6.45, 7) is 5.17. The van der Waals surface area contributed by atoms with Gasteiger partial charge in [0.15, 0.2) is 5.78 Å². The number of hydrogen-bond donors (Lipinski definition) is 1. The van der Waals surface area contributed by atoms with Gasteiger partial charge in [-0.15, -0.1) is 0 Å². The van der Waals surface area contributed by atoms with Crippen molar-refractivity contribution >= 4 is 11.8 Å². The zero-order valence-corrected chi connectivity index (χ0v) is 15.6. The molecule has 1 aromatic carbocycles. The van der Waals surface area contributed by atoms with Crippen molar-refractivity contribution in [2.75, 3.05) is 13.1 Å². The average Bonchev–Trinajstić information content (AvgIpc) is 3.01. The molecule has 1 atom stereocenters. The predicted molar refractivity (Wildman–Crippen MR) is 100.0 cm³/mol. The van der Waals surface area contributed by atoms with E-state index in [-0.39, 0.29) is 23.8 Å². The summed E-state index contributed by atoms with van der Waals surface area (Å²) < 4.78 is 1.80. The van der Waals surface area contributed by atoms with Gasteiger partial charge in [-0.25, -0.2) is 4.79 Å². The number of nitrogens with zero attached hydrogens (tertiary/aromatic N) is 3. The Bertz CT molecular complexity index is 776. The molecule has 1 aliphatic heterocycles. The zero-order valence-electron chi connectivity index (χ0n) is 15.6. The number of carbonyl (C=O) groups is 2. The van der Waals surface area contributed by atoms with E-state index in [1.807, 2.05) is 51.2 Å². The molecule has 0 bridgehead atoms. The second-order valence-electron chi connectivity index (χ2n) is 6.97. The maximum Gasteiger partial charge on any atom is 0.317 e. The number of aromatic nitrogens is 2. The van der Waals surface area contributed by atoms with E-state index in [9.17, 15) is 9.59 Å². The van der Waals surface area contributed by atoms with Crippen LogP contribution < -0.4 is 5.32 Å². The minimum atomic E-state index is -0.0973. The largest absolute Gasteiger partial charge is 0.331 e. The van der Waals surface area contributed by atoms with Crippen molar-refractivity contribution in [2.24, 2.45) is 13.0 Å². The van der Waals surface area contributed by atoms with Gasteiger partial charge in [-0.3, -0.25) is 9.48 Å². The van der Waals surface area contributed by atoms with Gasteiger partial charge in [-0.1, -0.05) is 30.3 Å². The van der Waals surface area contributed by atoms with Gasteiger partial charge in [0.25, 0.3) is 0 Å². The molecule has 0 saturated carbocycles. The number of ketones is 1. The maximum absolute atomic E-state index is 12.6. The Morgan fingerprint density at radius 1 is 1.19 bits per heavy atom. The number of piperidine rings is 1. The molecule has 0 aliphatic carbocycles. The van der Waals surface area contributed by atoms with Crippen LogP contribution in [0.15, 0.2) is 36.5 Å². The second kappa shape index (κ2) is 7.72. The Kier molecular flexibility index (Phi) is 5.40. The second-order valence-corrected chi connectivity index (χ2v) is 6.97. The summed E-state index contributed by atoms with van der Waals surface area (Å²) in [5, 5.41) is 7.27. The van der Waals surface area contributed by atoms with E-state index in [2.05, 4.69) is 10.4 Å². The Morgan fingerprint density at radius 2 is 1.85 bits per heavy atom. The predicted octanol–water partition coefficient (Wildman–Crippen LogP) is 3.09. The summed E-state index contributed by atoms with van der Waals surface area (Å²) in [4.78, 5) is 26.9. The van der Waals surface area contributed by atoms with Gasteiger partial charge in [0.05, 0.1) is 12.2 Å². The van der Waals surface area contributed by atoms with Crippen LogP contribution in [-0.4, -0.2) is 39.6 Å². The fourth-order valence-electron chi connectivity index (χ4n) is 3.48. The fraction of sp³-hybridized carbons (Fsp3) is 0.450. The van der Waals surface area contributed by atoms with Crippen LogP contribution in [0.1, 0.15) is 47.4 Å². The standard InChI is InChI=1S/C20H26N4O2/c1-14(18-13-21-23(3)15(18)2)22-20(26)24-11-9-17(10-12-24)19(25)16-7-5-4-6-8-16/h4-8,13-14,17H,9-12H2,1-3H3,(H,22,26). The number of urea groups is 1. The summed E-state index contributed by atoms with van der Waals surface area (Å²) in [6, 6.07) is 9.23. The first-order valence-corrected chi connectivity index (χ1v) is 9.10. The van der Waals surface area contributed by atoms with Crippen molar-refractivity contribution < 1.29 is 9.59 Å². The van der Waals surface area contributed by atoms with E-state index >= 15 is 0 Å². The molecule has 6 nitrogen and oxygen atoms in total. The summed E-state index contributed by atoms with van der Waals surface area (Å²) in [5.74, 6) is 0.185. The van der Waals surface area contributed by atoms with Gasteiger partial charge < -0.3 is 10.2 Å². The number of likely N-dealkylation sites (tertiary alicyclic amines) is 1. The molecule has 138 valence electrons. The van der Waals surface area contributed by atoms with Gasteiger partial charge in [0.2, 0.25) is 0 Å². The first-order chi connectivity index (χ1) is 12.5. The Hall–Kier alpha value is -2.63. The van der Waals surface area contributed by atoms with E-state index in [1.54, 1.807) is 15.8 Å². The lowest BCUT2D eigenvalue weighted by atomic mass is 9.89. The third-order valence-corrected chi connectivity index (χ3v) is 5.29. The third kappa shape index (κ3) is 3.79. The smallest absolute Gasteiger partial charge is 0.317 e. The number of amides is 2. The molecular formula is C20H26N4O2. The molecule has 0 radical (unpaired) electrons. The first-order valence-electron chi connectivity index (χ1n) is 9.10. The van der Waals surface area contributed by atoms with Crippen LogP contribution in [0.5, 0.6) is 0 Å². The molecule has 6 heteroatoms. The van der Waals surface area contributed by atoms with Crippen molar-refractivity contribution in [3.05, 3.63) is 53.3 Å². The summed E-state index contributed by atoms with van der Waals surface area (Å²) in [7, 11) is 1.89. The number of hydrogen-bond acceptors (Lipinski definition) is 3. The number of rotatable bonds is 4. The molecule has 1 saturated heterocycles. The highest BCUT2D eigenvalue weighted by Gasteiger charge is 2.28. The van der Waals surface area contributed by atoms with Crippen molar-refractivity contribution in [3.8, 4) is 0 Å². The number of nitrogens with one attached hydrogen (secondary N) is 1. The van der Waals surface area contributed by atoms with Crippen molar-refractivity contribution in [3.63, 3.8) is 0 Å². The van der Waals surface area contributed by atoms with E-state index in [0.29, 0.717) is 25.9 Å². The summed E-state index contributed by atoms with van der Waals surface area (Å²) >= 11 is 0. The highest BCUT2D eigenvalue weighted by atomic mass is 16.2. The molecular weight excluding hydrogens is 328 g/mol. The van der Waals surface area contributed by atoms with Crippen LogP contribution in [-0.2, 0) is 7.05 Å². The highest BCUT2D eigenvalue weighted by molar-refractivity contribution is 5.98. The quantitative estimate of drug-likeness (QED) is 0.858. The maximum atomic E-state index is 12.6. The van der Waals surface area contributed by atoms with Gasteiger partial charge in [0, 0.05) is 42.9 Å². The Morgan fingerprint density at radius 3 is 2.42 bits per heavy atom. The van der Waals surface area contributed by atoms with Gasteiger partial charge in [-0.2, -0.15) is 5.10 Å². The van der Waals surface area contributed by atoms with Gasteiger partial charge in [-0.05, 0) is 26.7 Å². The SMILES string of the molecule is Cc1c(C(C)NC(=O)N2CCC(C(=O)c3ccccc3)CC2)cnn1C. The topological polar surface area (TPSA) is 67.2 Å². The Labute approximate surface area is 154 Å². The van der Waals surface area contributed by atoms with Crippen molar-refractivity contribution in [1.82, 2.24) is 20.0 Å². The Balaban J connectivity index is 1.53. The number of Topliss-reactive ketones (excluding diaryl/α,β-unsaturated/α-hetero) is 1. The molecule has 1 aromatic heterocycles. The molecule has 2 heterocycles. The van der Waals surface area contributed by atoms with Crippen molar-refractivity contribution in [2.45, 2.75) is 32.7 Å². The van der Waals surface area contributed by atoms with Crippen LogP contribution in [0.4, 0.5) is 4.79 Å². The molecule has 3 rings (SSSR count). The molecule has 0 spiro atoms. The minimum Gasteiger partial charge on any atom is -0.331 e. The molecule has 1 N–H and O–H groups in total. The number of aryl methyl sites for hydroxylation is 1. The monoisotopic (exact) mass is 354 g/mol. The highest BCUT2D eigenvalue weighted by Crippen LogP contribution is 2.23. The summed E-state index contributed by atoms with van der Waals surface area (Å²) in [5.41, 5.74) is 2.83. The molecule has 1 fully saturated rings. The first kappa shape index (κ1) is 18.2. The van der Waals surface area contributed by atoms with Gasteiger partial charge >= 0.3 is 6.03 Å². The fourth-order valence-corrected chi connectivity index (χ4v) is 3.48. The summed E-state index contributed by atoms with van der Waals surface area (Å²) in [6.07, 6.45) is 3.22. The van der Waals surface area contributed by atoms with E-state index < -0.39 is 0 Å². The van der Waals surface area contributed by atoms with E-state index in [4.69, 9.17) is 0 Å². The van der Waals surface area contributed by atoms with Crippen LogP contribution in [0.2, 0.25) is 0 Å². The van der Waals surface area contributed by atoms with Crippen LogP contribution >= 0.6 is 0 Å². The molecule has 26 heavy (non-hydrogen) atoms. The number of carbonyl (C=O) groups excluding carboxylic acids is 2. The zero-order chi connectivity index (χ0) is 18.7. The molecule has 1 unspecified atom stereocenters.